The van der Waals surface area contributed by atoms with Crippen molar-refractivity contribution >= 4 is 117 Å². The number of hydrogen-bond donors (Lipinski definition) is 0. The lowest BCUT2D eigenvalue weighted by Crippen LogP contribution is -2.26. The summed E-state index contributed by atoms with van der Waals surface area (Å²) in [6.45, 7) is 2.31. The maximum atomic E-state index is 14.9. The van der Waals surface area contributed by atoms with Gasteiger partial charge in [0.2, 0.25) is 31.9 Å². The Kier molecular flexibility index (Phi) is 17.0. The Labute approximate surface area is 500 Å². The van der Waals surface area contributed by atoms with E-state index in [4.69, 9.17) is 37.9 Å². The summed E-state index contributed by atoms with van der Waals surface area (Å²) in [6, 6.07) is 72.0. The Balaban J connectivity index is 0.000000130. The molecule has 412 valence electrons. The highest BCUT2D eigenvalue weighted by molar-refractivity contribution is 9.11. The number of fused-ring (bicyclic) bond motifs is 3. The first-order chi connectivity index (χ1) is 40.0. The number of benzene rings is 10. The summed E-state index contributed by atoms with van der Waals surface area (Å²) >= 11 is 10.9. The van der Waals surface area contributed by atoms with Gasteiger partial charge in [0.05, 0.1) is 20.5 Å². The van der Waals surface area contributed by atoms with Gasteiger partial charge < -0.3 is 51.6 Å². The van der Waals surface area contributed by atoms with Crippen molar-refractivity contribution in [1.82, 2.24) is 0 Å². The molecule has 0 aromatic heterocycles. The van der Waals surface area contributed by atoms with Gasteiger partial charge in [0.1, 0.15) is 5.75 Å². The zero-order chi connectivity index (χ0) is 56.8. The number of rotatable bonds is 12. The average Bonchev–Trinajstić information content (AvgIpc) is 3.62. The van der Waals surface area contributed by atoms with E-state index in [1.165, 1.54) is 0 Å². The lowest BCUT2D eigenvalue weighted by molar-refractivity contribution is 0.170. The molecule has 3 heterocycles. The second-order valence-electron chi connectivity index (χ2n) is 18.6. The fourth-order valence-electron chi connectivity index (χ4n) is 9.81. The lowest BCUT2D eigenvalue weighted by Gasteiger charge is -2.23. The standard InChI is InChI=1S/C25H18BrO4P.C20H16BrO4P.C20H16BrO3P/c26-23-22(31(27,19-12-6-2-7-13-19)20-14-8-3-9-15-20)16-21(24-25(23)29-17-28-24)30-18-10-4-1-5-11-18;1-23-16-12-17(18(21)20-19(16)24-13-25-20)26(22,14-8-4-2-5-9-14)15-10-6-3-7-11-15;1-14-12-17(18(21)20-19(14)23-13-24-20)25(22,15-8-4-2-5-9-15)16-10-6-3-7-11-16/h1-16H,17H2;2-12H,13H2,1H3;2-12H,13H2,1H3. The Morgan fingerprint density at radius 2 is 0.598 bits per heavy atom. The molecule has 3 aliphatic heterocycles. The second-order valence-corrected chi connectivity index (χ2v) is 29.2. The fraction of sp³-hybridized carbons (Fsp3) is 0.0769. The van der Waals surface area contributed by atoms with Crippen molar-refractivity contribution in [3.63, 3.8) is 0 Å². The molecule has 17 heteroatoms. The Morgan fingerprint density at radius 3 is 0.927 bits per heavy atom. The maximum absolute atomic E-state index is 14.9. The highest BCUT2D eigenvalue weighted by Crippen LogP contribution is 2.55. The third kappa shape index (κ3) is 10.7. The van der Waals surface area contributed by atoms with Gasteiger partial charge >= 0.3 is 0 Å². The summed E-state index contributed by atoms with van der Waals surface area (Å²) in [7, 11) is -7.88. The van der Waals surface area contributed by atoms with Crippen LogP contribution in [0.3, 0.4) is 0 Å². The Bertz CT molecular complexity index is 3930. The van der Waals surface area contributed by atoms with Gasteiger partial charge in [0.25, 0.3) is 0 Å². The quantitative estimate of drug-likeness (QED) is 0.109. The molecule has 10 aromatic rings. The number of hydrogen-bond acceptors (Lipinski definition) is 11. The normalized spacial score (nSPS) is 12.8. The number of methoxy groups -OCH3 is 1. The molecule has 0 saturated carbocycles. The van der Waals surface area contributed by atoms with E-state index < -0.39 is 21.4 Å². The summed E-state index contributed by atoms with van der Waals surface area (Å²) in [4.78, 5) is 0. The predicted molar refractivity (Wildman–Crippen MR) is 337 cm³/mol. The van der Waals surface area contributed by atoms with Gasteiger partial charge in [-0.05, 0) is 90.6 Å². The highest BCUT2D eigenvalue weighted by Gasteiger charge is 2.40. The summed E-state index contributed by atoms with van der Waals surface area (Å²) in [6.07, 6.45) is 0. The van der Waals surface area contributed by atoms with Crippen LogP contribution in [-0.4, -0.2) is 27.5 Å². The van der Waals surface area contributed by atoms with E-state index in [0.717, 1.165) is 42.7 Å². The van der Waals surface area contributed by atoms with Crippen molar-refractivity contribution in [3.8, 4) is 51.7 Å². The smallest absolute Gasteiger partial charge is 0.231 e. The summed E-state index contributed by atoms with van der Waals surface area (Å²) in [5.74, 6) is 4.99. The largest absolute Gasteiger partial charge is 0.493 e. The maximum Gasteiger partial charge on any atom is 0.231 e. The van der Waals surface area contributed by atoms with Gasteiger partial charge in [-0.3, -0.25) is 0 Å². The minimum absolute atomic E-state index is 0.0729. The van der Waals surface area contributed by atoms with Crippen molar-refractivity contribution < 1.29 is 51.6 Å². The molecule has 82 heavy (non-hydrogen) atoms. The SMILES string of the molecule is COc1cc(P(=O)(c2ccccc2)c2ccccc2)c(Br)c2c1OCO2.Cc1cc(P(=O)(c2ccccc2)c2ccccc2)c(Br)c2c1OCO2.O=P(c1ccccc1)(c1ccccc1)c1cc(Oc2ccccc2)c2c(c1Br)OCO2. The van der Waals surface area contributed by atoms with Crippen molar-refractivity contribution in [3.05, 3.63) is 250 Å². The molecule has 0 unspecified atom stereocenters. The molecule has 11 nitrogen and oxygen atoms in total. The molecule has 10 aromatic carbocycles. The van der Waals surface area contributed by atoms with Crippen LogP contribution in [0.2, 0.25) is 0 Å². The second kappa shape index (κ2) is 24.7. The van der Waals surface area contributed by atoms with E-state index in [9.17, 15) is 13.7 Å². The van der Waals surface area contributed by atoms with Crippen LogP contribution in [0, 0.1) is 6.92 Å². The molecule has 0 spiro atoms. The molecule has 0 bridgehead atoms. The minimum Gasteiger partial charge on any atom is -0.493 e. The van der Waals surface area contributed by atoms with Gasteiger partial charge in [-0.1, -0.05) is 200 Å². The predicted octanol–water partition coefficient (Wildman–Crippen LogP) is 13.6. The first-order valence-electron chi connectivity index (χ1n) is 25.7. The number of para-hydroxylation sites is 1. The van der Waals surface area contributed by atoms with Crippen molar-refractivity contribution in [2.45, 2.75) is 6.92 Å². The van der Waals surface area contributed by atoms with Gasteiger partial charge in [0, 0.05) is 47.7 Å². The van der Waals surface area contributed by atoms with Gasteiger partial charge in [-0.15, -0.1) is 0 Å². The third-order valence-electron chi connectivity index (χ3n) is 13.7. The fourth-order valence-corrected chi connectivity index (χ4v) is 21.5. The molecule has 0 saturated heterocycles. The molecule has 0 fully saturated rings. The zero-order valence-corrected chi connectivity index (χ0v) is 51.5. The Hall–Kier alpha value is -7.27. The van der Waals surface area contributed by atoms with Crippen molar-refractivity contribution in [1.29, 1.82) is 0 Å². The molecule has 0 aliphatic carbocycles. The topological polar surface area (TPSA) is 125 Å². The minimum atomic E-state index is -3.24. The first-order valence-corrected chi connectivity index (χ1v) is 33.2. The highest BCUT2D eigenvalue weighted by atomic mass is 79.9. The Morgan fingerprint density at radius 1 is 0.341 bits per heavy atom. The van der Waals surface area contributed by atoms with E-state index in [1.807, 2.05) is 225 Å². The van der Waals surface area contributed by atoms with Crippen LogP contribution in [-0.2, 0) is 13.7 Å². The van der Waals surface area contributed by atoms with Crippen LogP contribution in [0.25, 0.3) is 0 Å². The van der Waals surface area contributed by atoms with E-state index >= 15 is 0 Å². The molecule has 13 rings (SSSR count). The van der Waals surface area contributed by atoms with Crippen molar-refractivity contribution in [2.24, 2.45) is 0 Å². The molecule has 0 atom stereocenters. The summed E-state index contributed by atoms with van der Waals surface area (Å²) in [5.41, 5.74) is 0.915. The zero-order valence-electron chi connectivity index (χ0n) is 44.0. The third-order valence-corrected chi connectivity index (χ3v) is 26.3. The van der Waals surface area contributed by atoms with Gasteiger partial charge in [-0.2, -0.15) is 0 Å². The van der Waals surface area contributed by atoms with Crippen LogP contribution in [0.5, 0.6) is 51.7 Å². The van der Waals surface area contributed by atoms with Crippen molar-refractivity contribution in [2.75, 3.05) is 27.5 Å². The van der Waals surface area contributed by atoms with E-state index in [1.54, 1.807) is 19.2 Å². The van der Waals surface area contributed by atoms with E-state index in [2.05, 4.69) is 47.8 Å². The summed E-state index contributed by atoms with van der Waals surface area (Å²) in [5, 5.41) is 6.47. The molecule has 0 amide bonds. The monoisotopic (exact) mass is 1340 g/mol. The van der Waals surface area contributed by atoms with Crippen LogP contribution in [0.15, 0.2) is 244 Å². The van der Waals surface area contributed by atoms with Crippen LogP contribution in [0.4, 0.5) is 0 Å². The number of aryl methyl sites for hydroxylation is 1. The van der Waals surface area contributed by atoms with Crippen LogP contribution in [0.1, 0.15) is 5.56 Å². The molecule has 3 aliphatic rings. The van der Waals surface area contributed by atoms with E-state index in [-0.39, 0.29) is 20.4 Å². The first kappa shape index (κ1) is 56.6. The van der Waals surface area contributed by atoms with Gasteiger partial charge in [-0.25, -0.2) is 0 Å². The van der Waals surface area contributed by atoms with E-state index in [0.29, 0.717) is 75.8 Å². The average molecular weight is 1340 g/mol. The number of halogens is 3. The number of ether oxygens (including phenoxy) is 8. The molecular formula is C65H50Br3O11P3. The van der Waals surface area contributed by atoms with Crippen LogP contribution >= 0.6 is 69.2 Å². The summed E-state index contributed by atoms with van der Waals surface area (Å²) < 4.78 is 91.1. The molecular weight excluding hydrogens is 1290 g/mol. The van der Waals surface area contributed by atoms with Gasteiger partial charge in [0.15, 0.2) is 55.9 Å². The lowest BCUT2D eigenvalue weighted by atomic mass is 10.2. The molecule has 0 radical (unpaired) electrons. The van der Waals surface area contributed by atoms with Crippen LogP contribution < -0.4 is 85.6 Å². The molecule has 0 N–H and O–H groups in total.